The van der Waals surface area contributed by atoms with E-state index >= 15 is 0 Å². The topological polar surface area (TPSA) is 237 Å². The zero-order valence-corrected chi connectivity index (χ0v) is 63.4. The molecule has 0 aliphatic rings. The molecule has 0 saturated heterocycles. The van der Waals surface area contributed by atoms with Crippen LogP contribution in [0.25, 0.3) is 0 Å². The summed E-state index contributed by atoms with van der Waals surface area (Å²) in [5, 5.41) is 10.6. The first-order chi connectivity index (χ1) is 45.8. The van der Waals surface area contributed by atoms with Gasteiger partial charge in [-0.3, -0.25) is 37.3 Å². The van der Waals surface area contributed by atoms with E-state index in [4.69, 9.17) is 37.0 Å². The number of phosphoric acid groups is 2. The minimum atomic E-state index is -4.97. The molecule has 0 aromatic carbocycles. The Labute approximate surface area is 580 Å². The number of esters is 4. The molecule has 0 spiro atoms. The number of hydrogen-bond acceptors (Lipinski definition) is 15. The van der Waals surface area contributed by atoms with E-state index in [9.17, 15) is 43.2 Å². The smallest absolute Gasteiger partial charge is 0.462 e. The Hall–Kier alpha value is -2.46. The minimum absolute atomic E-state index is 0.0999. The third-order valence-corrected chi connectivity index (χ3v) is 19.6. The monoisotopic (exact) mass is 1390 g/mol. The Morgan fingerprint density at radius 1 is 0.347 bits per heavy atom. The van der Waals surface area contributed by atoms with Gasteiger partial charge in [0, 0.05) is 25.7 Å². The molecule has 3 N–H and O–H groups in total. The van der Waals surface area contributed by atoms with Crippen LogP contribution in [0.3, 0.4) is 0 Å². The Kier molecular flexibility index (Phi) is 64.4. The van der Waals surface area contributed by atoms with Crippen molar-refractivity contribution in [2.45, 2.75) is 381 Å². The summed E-state index contributed by atoms with van der Waals surface area (Å²) in [6, 6.07) is 0. The molecule has 0 fully saturated rings. The molecule has 0 radical (unpaired) electrons. The van der Waals surface area contributed by atoms with Gasteiger partial charge >= 0.3 is 39.5 Å². The zero-order chi connectivity index (χ0) is 70.1. The second-order valence-electron chi connectivity index (χ2n) is 27.7. The summed E-state index contributed by atoms with van der Waals surface area (Å²) in [5.41, 5.74) is 0. The molecule has 17 nitrogen and oxygen atoms in total. The number of rotatable bonds is 72. The maximum Gasteiger partial charge on any atom is 0.472 e. The van der Waals surface area contributed by atoms with E-state index in [1.807, 2.05) is 0 Å². The van der Waals surface area contributed by atoms with E-state index in [0.29, 0.717) is 25.7 Å². The molecular formula is C76H144O17P2. The molecule has 0 heterocycles. The molecule has 0 aromatic heterocycles. The summed E-state index contributed by atoms with van der Waals surface area (Å²) >= 11 is 0. The Balaban J connectivity index is 5.30. The van der Waals surface area contributed by atoms with Crippen LogP contribution >= 0.6 is 15.6 Å². The van der Waals surface area contributed by atoms with Gasteiger partial charge in [-0.15, -0.1) is 0 Å². The number of allylic oxidation sites excluding steroid dienone is 4. The molecule has 0 amide bonds. The normalized spacial score (nSPS) is 14.8. The lowest BCUT2D eigenvalue weighted by atomic mass is 9.99. The van der Waals surface area contributed by atoms with Gasteiger partial charge in [0.15, 0.2) is 12.2 Å². The van der Waals surface area contributed by atoms with Crippen LogP contribution in [0.2, 0.25) is 0 Å². The molecular weight excluding hydrogens is 1250 g/mol. The van der Waals surface area contributed by atoms with Crippen molar-refractivity contribution in [1.29, 1.82) is 0 Å². The fourth-order valence-corrected chi connectivity index (χ4v) is 12.6. The SMILES string of the molecule is CCCCCC/C=C\C=C/CCCCCCCC(=O)OC[C@H](COP(=O)(O)OC[C@@H](O)COP(=O)(O)OC[C@@H](COC(=O)CCCCCCCCC(C)CC)OC(=O)CCCCCCCCCCCCC(C)CC)OC(=O)CCCCCCCCCCCCCCCC(C)C. The van der Waals surface area contributed by atoms with Gasteiger partial charge in [0.1, 0.15) is 19.3 Å². The van der Waals surface area contributed by atoms with Gasteiger partial charge in [-0.2, -0.15) is 0 Å². The average Bonchev–Trinajstić information content (AvgIpc) is 3.31. The molecule has 0 aliphatic heterocycles. The van der Waals surface area contributed by atoms with Crippen LogP contribution in [0.15, 0.2) is 24.3 Å². The highest BCUT2D eigenvalue weighted by molar-refractivity contribution is 7.47. The van der Waals surface area contributed by atoms with Gasteiger partial charge in [0.25, 0.3) is 0 Å². The fourth-order valence-electron chi connectivity index (χ4n) is 11.0. The molecule has 0 rings (SSSR count). The fraction of sp³-hybridized carbons (Fsp3) is 0.895. The van der Waals surface area contributed by atoms with Crippen molar-refractivity contribution in [2.24, 2.45) is 17.8 Å². The van der Waals surface area contributed by atoms with Crippen LogP contribution in [0.1, 0.15) is 363 Å². The largest absolute Gasteiger partial charge is 0.472 e. The van der Waals surface area contributed by atoms with Crippen molar-refractivity contribution in [2.75, 3.05) is 39.6 Å². The zero-order valence-electron chi connectivity index (χ0n) is 61.6. The lowest BCUT2D eigenvalue weighted by Crippen LogP contribution is -2.30. The molecule has 4 unspecified atom stereocenters. The number of carbonyl (C=O) groups excluding carboxylic acids is 4. The minimum Gasteiger partial charge on any atom is -0.462 e. The second-order valence-corrected chi connectivity index (χ2v) is 30.6. The average molecular weight is 1390 g/mol. The van der Waals surface area contributed by atoms with Gasteiger partial charge in [0.2, 0.25) is 0 Å². The maximum atomic E-state index is 13.1. The number of carbonyl (C=O) groups is 4. The summed E-state index contributed by atoms with van der Waals surface area (Å²) in [6.45, 7) is 11.8. The van der Waals surface area contributed by atoms with E-state index in [1.165, 1.54) is 148 Å². The molecule has 0 aromatic rings. The molecule has 19 heteroatoms. The number of aliphatic hydroxyl groups is 1. The van der Waals surface area contributed by atoms with Crippen LogP contribution in [0, 0.1) is 17.8 Å². The number of phosphoric ester groups is 2. The van der Waals surface area contributed by atoms with Gasteiger partial charge in [-0.25, -0.2) is 9.13 Å². The third kappa shape index (κ3) is 67.2. The van der Waals surface area contributed by atoms with Gasteiger partial charge < -0.3 is 33.8 Å². The number of unbranched alkanes of at least 4 members (excludes halogenated alkanes) is 35. The molecule has 0 bridgehead atoms. The van der Waals surface area contributed by atoms with Crippen molar-refractivity contribution in [3.8, 4) is 0 Å². The van der Waals surface area contributed by atoms with Crippen LogP contribution in [-0.2, 0) is 65.4 Å². The van der Waals surface area contributed by atoms with E-state index < -0.39 is 97.5 Å². The molecule has 7 atom stereocenters. The summed E-state index contributed by atoms with van der Waals surface area (Å²) in [6.07, 6.45) is 54.8. The van der Waals surface area contributed by atoms with E-state index in [-0.39, 0.29) is 25.7 Å². The van der Waals surface area contributed by atoms with Gasteiger partial charge in [0.05, 0.1) is 26.4 Å². The quantitative estimate of drug-likeness (QED) is 0.0169. The first-order valence-electron chi connectivity index (χ1n) is 38.7. The Bertz CT molecular complexity index is 1950. The molecule has 0 aliphatic carbocycles. The molecule has 560 valence electrons. The van der Waals surface area contributed by atoms with Crippen molar-refractivity contribution < 1.29 is 80.2 Å². The summed E-state index contributed by atoms with van der Waals surface area (Å²) < 4.78 is 68.5. The van der Waals surface area contributed by atoms with Crippen molar-refractivity contribution in [3.63, 3.8) is 0 Å². The van der Waals surface area contributed by atoms with E-state index in [1.54, 1.807) is 0 Å². The first kappa shape index (κ1) is 92.5. The molecule has 0 saturated carbocycles. The lowest BCUT2D eigenvalue weighted by molar-refractivity contribution is -0.161. The lowest BCUT2D eigenvalue weighted by Gasteiger charge is -2.21. The number of ether oxygens (including phenoxy) is 4. The predicted molar refractivity (Wildman–Crippen MR) is 386 cm³/mol. The number of aliphatic hydroxyl groups excluding tert-OH is 1. The summed E-state index contributed by atoms with van der Waals surface area (Å²) in [5.74, 6) is 0.166. The van der Waals surface area contributed by atoms with E-state index in [0.717, 1.165) is 133 Å². The van der Waals surface area contributed by atoms with Gasteiger partial charge in [-0.1, -0.05) is 310 Å². The standard InChI is InChI=1S/C76H144O17P2/c1-8-11-12-13-14-15-16-17-18-21-24-30-35-43-50-57-73(78)86-63-71(92-75(80)59-52-45-36-31-25-22-19-20-23-28-33-40-47-54-67(4)5)65-90-94(82,83)88-61-70(77)62-89-95(84,85)91-66-72(64-87-74(79)58-51-44-39-38-42-49-56-69(7)10-3)93-76(81)60-53-46-37-32-27-26-29-34-41-48-55-68(6)9-2/h15-18,67-72,77H,8-14,19-66H2,1-7H3,(H,82,83)(H,84,85)/b16-15-,18-17-/t68?,69?,70-,71-,72-/m1/s1. The highest BCUT2D eigenvalue weighted by Crippen LogP contribution is 2.45. The highest BCUT2D eigenvalue weighted by Gasteiger charge is 2.30. The highest BCUT2D eigenvalue weighted by atomic mass is 31.2. The van der Waals surface area contributed by atoms with Gasteiger partial charge in [-0.05, 0) is 69.1 Å². The van der Waals surface area contributed by atoms with Crippen LogP contribution in [-0.4, -0.2) is 96.7 Å². The van der Waals surface area contributed by atoms with Crippen molar-refractivity contribution in [1.82, 2.24) is 0 Å². The van der Waals surface area contributed by atoms with E-state index in [2.05, 4.69) is 72.8 Å². The van der Waals surface area contributed by atoms with Crippen molar-refractivity contribution in [3.05, 3.63) is 24.3 Å². The van der Waals surface area contributed by atoms with Crippen LogP contribution in [0.4, 0.5) is 0 Å². The number of hydrogen-bond donors (Lipinski definition) is 3. The predicted octanol–water partition coefficient (Wildman–Crippen LogP) is 21.7. The van der Waals surface area contributed by atoms with Crippen LogP contribution < -0.4 is 0 Å². The second kappa shape index (κ2) is 66.1. The summed E-state index contributed by atoms with van der Waals surface area (Å²) in [7, 11) is -9.92. The van der Waals surface area contributed by atoms with Crippen molar-refractivity contribution >= 4 is 39.5 Å². The van der Waals surface area contributed by atoms with Crippen LogP contribution in [0.5, 0.6) is 0 Å². The summed E-state index contributed by atoms with van der Waals surface area (Å²) in [4.78, 5) is 72.8. The first-order valence-corrected chi connectivity index (χ1v) is 41.7. The molecule has 95 heavy (non-hydrogen) atoms. The Morgan fingerprint density at radius 3 is 0.937 bits per heavy atom. The Morgan fingerprint density at radius 2 is 0.621 bits per heavy atom. The maximum absolute atomic E-state index is 13.1. The third-order valence-electron chi connectivity index (χ3n) is 17.7.